The van der Waals surface area contributed by atoms with Crippen molar-refractivity contribution in [1.29, 1.82) is 0 Å². The molecule has 1 heterocycles. The van der Waals surface area contributed by atoms with E-state index in [9.17, 15) is 14.4 Å². The van der Waals surface area contributed by atoms with Gasteiger partial charge in [-0.2, -0.15) is 0 Å². The Bertz CT molecular complexity index is 1030. The lowest BCUT2D eigenvalue weighted by Crippen LogP contribution is -2.46. The molecule has 1 aliphatic heterocycles. The molecule has 2 aliphatic rings. The van der Waals surface area contributed by atoms with Gasteiger partial charge in [-0.1, -0.05) is 24.3 Å². The van der Waals surface area contributed by atoms with E-state index in [0.717, 1.165) is 5.56 Å². The van der Waals surface area contributed by atoms with Gasteiger partial charge < -0.3 is 14.8 Å². The summed E-state index contributed by atoms with van der Waals surface area (Å²) in [6.07, 6.45) is 4.10. The van der Waals surface area contributed by atoms with Crippen LogP contribution < -0.4 is 19.7 Å². The third-order valence-electron chi connectivity index (χ3n) is 5.61. The van der Waals surface area contributed by atoms with Gasteiger partial charge in [0.25, 0.3) is 5.91 Å². The molecule has 31 heavy (non-hydrogen) atoms. The molecule has 1 fully saturated rings. The van der Waals surface area contributed by atoms with Crippen LogP contribution in [0.3, 0.4) is 0 Å². The Hall–Kier alpha value is -3.61. The normalized spacial score (nSPS) is 22.3. The maximum atomic E-state index is 13.2. The number of imide groups is 1. The molecule has 2 aromatic rings. The van der Waals surface area contributed by atoms with Crippen molar-refractivity contribution in [3.63, 3.8) is 0 Å². The Morgan fingerprint density at radius 2 is 1.87 bits per heavy atom. The van der Waals surface area contributed by atoms with E-state index in [-0.39, 0.29) is 24.3 Å². The second-order valence-electron chi connectivity index (χ2n) is 7.70. The smallest absolute Gasteiger partial charge is 0.258 e. The van der Waals surface area contributed by atoms with Crippen LogP contribution in [-0.2, 0) is 14.4 Å². The molecule has 0 saturated carbocycles. The van der Waals surface area contributed by atoms with Crippen LogP contribution in [0.4, 0.5) is 5.69 Å². The summed E-state index contributed by atoms with van der Waals surface area (Å²) in [5.74, 6) is -0.801. The second-order valence-corrected chi connectivity index (χ2v) is 7.70. The number of benzene rings is 2. The lowest BCUT2D eigenvalue weighted by atomic mass is 9.81. The van der Waals surface area contributed by atoms with Gasteiger partial charge in [0.05, 0.1) is 30.7 Å². The molecule has 7 heteroatoms. The minimum Gasteiger partial charge on any atom is -0.497 e. The van der Waals surface area contributed by atoms with Gasteiger partial charge in [-0.3, -0.25) is 14.4 Å². The van der Waals surface area contributed by atoms with E-state index in [0.29, 0.717) is 23.6 Å². The number of allylic oxidation sites excluding steroid dienone is 1. The summed E-state index contributed by atoms with van der Waals surface area (Å²) in [7, 11) is 1.55. The van der Waals surface area contributed by atoms with Gasteiger partial charge >= 0.3 is 0 Å². The Morgan fingerprint density at radius 1 is 1.10 bits per heavy atom. The van der Waals surface area contributed by atoms with Crippen molar-refractivity contribution in [1.82, 2.24) is 5.32 Å². The number of amides is 3. The standard InChI is InChI=1S/C24H24N2O5/c1-15-5-3-6-18(13-15)31-14-21(27)25-20-8-4-7-19-22(20)24(29)26(23(19)28)16-9-11-17(30-2)12-10-16/h3-6,8-13,19-20,22H,7,14H2,1-2H3,(H,25,27)/t19-,20+,22+/m1/s1. The minimum absolute atomic E-state index is 0.171. The highest BCUT2D eigenvalue weighted by Gasteiger charge is 2.52. The molecule has 0 radical (unpaired) electrons. The molecule has 2 aromatic carbocycles. The number of hydrogen-bond donors (Lipinski definition) is 1. The molecule has 0 aromatic heterocycles. The van der Waals surface area contributed by atoms with Crippen molar-refractivity contribution in [2.45, 2.75) is 19.4 Å². The van der Waals surface area contributed by atoms with Gasteiger partial charge in [0, 0.05) is 0 Å². The summed E-state index contributed by atoms with van der Waals surface area (Å²) in [5.41, 5.74) is 1.53. The zero-order valence-corrected chi connectivity index (χ0v) is 17.4. The number of aryl methyl sites for hydroxylation is 1. The molecule has 3 atom stereocenters. The largest absolute Gasteiger partial charge is 0.497 e. The first-order valence-electron chi connectivity index (χ1n) is 10.2. The average Bonchev–Trinajstić information content (AvgIpc) is 3.03. The number of carbonyl (C=O) groups excluding carboxylic acids is 3. The van der Waals surface area contributed by atoms with E-state index < -0.39 is 17.9 Å². The monoisotopic (exact) mass is 420 g/mol. The molecular weight excluding hydrogens is 396 g/mol. The quantitative estimate of drug-likeness (QED) is 0.574. The van der Waals surface area contributed by atoms with E-state index in [1.165, 1.54) is 4.90 Å². The second kappa shape index (κ2) is 8.63. The number of anilines is 1. The van der Waals surface area contributed by atoms with E-state index in [1.807, 2.05) is 31.2 Å². The third kappa shape index (κ3) is 4.17. The lowest BCUT2D eigenvalue weighted by molar-refractivity contribution is -0.126. The number of fused-ring (bicyclic) bond motifs is 1. The molecular formula is C24H24N2O5. The van der Waals surface area contributed by atoms with Gasteiger partial charge in [-0.25, -0.2) is 4.90 Å². The highest BCUT2D eigenvalue weighted by atomic mass is 16.5. The summed E-state index contributed by atoms with van der Waals surface area (Å²) in [4.78, 5) is 39.8. The number of nitrogens with zero attached hydrogens (tertiary/aromatic N) is 1. The maximum Gasteiger partial charge on any atom is 0.258 e. The fourth-order valence-corrected chi connectivity index (χ4v) is 4.10. The molecule has 1 saturated heterocycles. The molecule has 0 spiro atoms. The van der Waals surface area contributed by atoms with Crippen LogP contribution in [0, 0.1) is 18.8 Å². The topological polar surface area (TPSA) is 84.9 Å². The molecule has 3 amide bonds. The number of methoxy groups -OCH3 is 1. The number of rotatable bonds is 6. The predicted molar refractivity (Wildman–Crippen MR) is 115 cm³/mol. The predicted octanol–water partition coefficient (Wildman–Crippen LogP) is 2.63. The summed E-state index contributed by atoms with van der Waals surface area (Å²) >= 11 is 0. The summed E-state index contributed by atoms with van der Waals surface area (Å²) < 4.78 is 10.7. The Labute approximate surface area is 180 Å². The zero-order valence-electron chi connectivity index (χ0n) is 17.4. The lowest BCUT2D eigenvalue weighted by Gasteiger charge is -2.26. The number of nitrogens with one attached hydrogen (secondary N) is 1. The van der Waals surface area contributed by atoms with Crippen LogP contribution in [0.2, 0.25) is 0 Å². The van der Waals surface area contributed by atoms with Gasteiger partial charge in [0.1, 0.15) is 11.5 Å². The van der Waals surface area contributed by atoms with Crippen molar-refractivity contribution < 1.29 is 23.9 Å². The molecule has 4 rings (SSSR count). The molecule has 1 N–H and O–H groups in total. The molecule has 160 valence electrons. The highest BCUT2D eigenvalue weighted by Crippen LogP contribution is 2.38. The summed E-state index contributed by atoms with van der Waals surface area (Å²) in [6, 6.07) is 13.6. The van der Waals surface area contributed by atoms with Crippen LogP contribution in [0.25, 0.3) is 0 Å². The van der Waals surface area contributed by atoms with E-state index >= 15 is 0 Å². The number of carbonyl (C=O) groups is 3. The first kappa shape index (κ1) is 20.7. The van der Waals surface area contributed by atoms with Crippen LogP contribution >= 0.6 is 0 Å². The van der Waals surface area contributed by atoms with Crippen molar-refractivity contribution in [3.8, 4) is 11.5 Å². The van der Waals surface area contributed by atoms with Crippen LogP contribution in [0.15, 0.2) is 60.7 Å². The first-order valence-corrected chi connectivity index (χ1v) is 10.2. The van der Waals surface area contributed by atoms with Crippen molar-refractivity contribution in [3.05, 3.63) is 66.2 Å². The minimum atomic E-state index is -0.637. The van der Waals surface area contributed by atoms with Crippen molar-refractivity contribution in [2.24, 2.45) is 11.8 Å². The zero-order chi connectivity index (χ0) is 22.0. The fourth-order valence-electron chi connectivity index (χ4n) is 4.10. The van der Waals surface area contributed by atoms with Crippen molar-refractivity contribution in [2.75, 3.05) is 18.6 Å². The van der Waals surface area contributed by atoms with Gasteiger partial charge in [-0.15, -0.1) is 0 Å². The molecule has 0 bridgehead atoms. The SMILES string of the molecule is COc1ccc(N2C(=O)[C@@H]3[C@@H](NC(=O)COc4cccc(C)c4)C=CC[C@H]3C2=O)cc1. The number of ether oxygens (including phenoxy) is 2. The van der Waals surface area contributed by atoms with Gasteiger partial charge in [0.2, 0.25) is 11.8 Å². The van der Waals surface area contributed by atoms with Gasteiger partial charge in [0.15, 0.2) is 6.61 Å². The maximum absolute atomic E-state index is 13.2. The van der Waals surface area contributed by atoms with Crippen molar-refractivity contribution >= 4 is 23.4 Å². The van der Waals surface area contributed by atoms with Crippen LogP contribution in [-0.4, -0.2) is 37.5 Å². The fraction of sp³-hybridized carbons (Fsp3) is 0.292. The molecule has 1 aliphatic carbocycles. The number of hydrogen-bond acceptors (Lipinski definition) is 5. The highest BCUT2D eigenvalue weighted by molar-refractivity contribution is 6.22. The molecule has 0 unspecified atom stereocenters. The third-order valence-corrected chi connectivity index (χ3v) is 5.61. The van der Waals surface area contributed by atoms with Crippen LogP contribution in [0.1, 0.15) is 12.0 Å². The first-order chi connectivity index (χ1) is 15.0. The molecule has 7 nitrogen and oxygen atoms in total. The van der Waals surface area contributed by atoms with E-state index in [4.69, 9.17) is 9.47 Å². The Morgan fingerprint density at radius 3 is 2.58 bits per heavy atom. The van der Waals surface area contributed by atoms with Crippen LogP contribution in [0.5, 0.6) is 11.5 Å². The van der Waals surface area contributed by atoms with Gasteiger partial charge in [-0.05, 0) is 55.3 Å². The van der Waals surface area contributed by atoms with E-state index in [1.54, 1.807) is 43.5 Å². The summed E-state index contributed by atoms with van der Waals surface area (Å²) in [6.45, 7) is 1.77. The Balaban J connectivity index is 1.45. The van der Waals surface area contributed by atoms with E-state index in [2.05, 4.69) is 5.32 Å². The summed E-state index contributed by atoms with van der Waals surface area (Å²) in [5, 5.41) is 2.85. The average molecular weight is 420 g/mol. The Kier molecular flexibility index (Phi) is 5.75.